The van der Waals surface area contributed by atoms with Crippen molar-refractivity contribution in [2.24, 2.45) is 0 Å². The van der Waals surface area contributed by atoms with Crippen molar-refractivity contribution in [3.05, 3.63) is 53.3 Å². The van der Waals surface area contributed by atoms with Gasteiger partial charge in [-0.05, 0) is 26.8 Å². The number of Topliss-reactive ketones (excluding diaryl/α,β-unsaturated/α-hetero) is 1. The number of nitrogens with zero attached hydrogens (tertiary/aromatic N) is 2. The third-order valence-corrected chi connectivity index (χ3v) is 3.63. The molecule has 0 unspecified atom stereocenters. The van der Waals surface area contributed by atoms with Gasteiger partial charge in [0.15, 0.2) is 10.9 Å². The van der Waals surface area contributed by atoms with Gasteiger partial charge < -0.3 is 0 Å². The molecule has 2 aromatic rings. The molecule has 19 heavy (non-hydrogen) atoms. The number of carbonyl (C=O) groups is 1. The van der Waals surface area contributed by atoms with Crippen LogP contribution in [-0.4, -0.2) is 21.0 Å². The summed E-state index contributed by atoms with van der Waals surface area (Å²) >= 11 is 1.40. The number of rotatable bonds is 4. The zero-order valence-electron chi connectivity index (χ0n) is 11.3. The van der Waals surface area contributed by atoms with Gasteiger partial charge in [0.25, 0.3) is 0 Å². The minimum Gasteiger partial charge on any atom is -0.293 e. The molecule has 1 aromatic heterocycles. The largest absolute Gasteiger partial charge is 0.293 e. The van der Waals surface area contributed by atoms with Crippen LogP contribution < -0.4 is 0 Å². The summed E-state index contributed by atoms with van der Waals surface area (Å²) in [5, 5.41) is 0.470. The van der Waals surface area contributed by atoms with E-state index >= 15 is 0 Å². The van der Waals surface area contributed by atoms with Gasteiger partial charge >= 0.3 is 0 Å². The van der Waals surface area contributed by atoms with Gasteiger partial charge in [0, 0.05) is 17.0 Å². The summed E-state index contributed by atoms with van der Waals surface area (Å²) in [6.45, 7) is 5.76. The molecule has 1 heterocycles. The van der Waals surface area contributed by atoms with Crippen LogP contribution in [0.1, 0.15) is 28.7 Å². The van der Waals surface area contributed by atoms with Crippen molar-refractivity contribution < 1.29 is 4.79 Å². The molecule has 0 spiro atoms. The van der Waals surface area contributed by atoms with Crippen molar-refractivity contribution in [3.8, 4) is 0 Å². The van der Waals surface area contributed by atoms with Crippen molar-refractivity contribution in [2.45, 2.75) is 31.2 Å². The standard InChI is InChI=1S/C15H16N2OS/c1-10-9-11(2)17-15(16-10)19-12(3)14(18)13-7-5-4-6-8-13/h4-9,12H,1-3H3/t12-/m0/s1. The van der Waals surface area contributed by atoms with Crippen LogP contribution in [-0.2, 0) is 0 Å². The van der Waals surface area contributed by atoms with Gasteiger partial charge in [-0.3, -0.25) is 4.79 Å². The van der Waals surface area contributed by atoms with Gasteiger partial charge in [-0.25, -0.2) is 9.97 Å². The first-order valence-corrected chi connectivity index (χ1v) is 7.02. The Bertz CT molecular complexity index is 564. The van der Waals surface area contributed by atoms with Crippen molar-refractivity contribution in [2.75, 3.05) is 0 Å². The SMILES string of the molecule is Cc1cc(C)nc(S[C@@H](C)C(=O)c2ccccc2)n1. The molecule has 0 bridgehead atoms. The summed E-state index contributed by atoms with van der Waals surface area (Å²) in [6.07, 6.45) is 0. The third-order valence-electron chi connectivity index (χ3n) is 2.67. The minimum atomic E-state index is -0.191. The Morgan fingerprint density at radius 2 is 1.68 bits per heavy atom. The van der Waals surface area contributed by atoms with E-state index in [1.807, 2.05) is 57.2 Å². The van der Waals surface area contributed by atoms with Crippen LogP contribution in [0.25, 0.3) is 0 Å². The number of carbonyl (C=O) groups excluding carboxylic acids is 1. The Balaban J connectivity index is 2.13. The van der Waals surface area contributed by atoms with E-state index in [0.717, 1.165) is 17.0 Å². The first-order chi connectivity index (χ1) is 9.06. The molecule has 0 radical (unpaired) electrons. The van der Waals surface area contributed by atoms with Crippen LogP contribution in [0, 0.1) is 13.8 Å². The molecule has 0 aliphatic rings. The second-order valence-electron chi connectivity index (χ2n) is 4.42. The van der Waals surface area contributed by atoms with E-state index in [4.69, 9.17) is 0 Å². The second-order valence-corrected chi connectivity index (χ2v) is 5.73. The second kappa shape index (κ2) is 5.97. The molecule has 1 aromatic carbocycles. The molecule has 0 fully saturated rings. The van der Waals surface area contributed by atoms with Crippen LogP contribution >= 0.6 is 11.8 Å². The van der Waals surface area contributed by atoms with E-state index in [9.17, 15) is 4.79 Å². The molecule has 0 aliphatic heterocycles. The van der Waals surface area contributed by atoms with E-state index in [1.165, 1.54) is 11.8 Å². The molecule has 0 saturated carbocycles. The maximum atomic E-state index is 12.2. The maximum Gasteiger partial charge on any atom is 0.188 e. The molecular weight excluding hydrogens is 256 g/mol. The quantitative estimate of drug-likeness (QED) is 0.485. The summed E-state index contributed by atoms with van der Waals surface area (Å²) < 4.78 is 0. The Kier molecular flexibility index (Phi) is 4.32. The van der Waals surface area contributed by atoms with Crippen molar-refractivity contribution in [1.29, 1.82) is 0 Å². The Hall–Kier alpha value is -1.68. The van der Waals surface area contributed by atoms with Crippen molar-refractivity contribution in [1.82, 2.24) is 9.97 Å². The summed E-state index contributed by atoms with van der Waals surface area (Å²) in [5.74, 6) is 0.105. The van der Waals surface area contributed by atoms with Crippen LogP contribution in [0.15, 0.2) is 41.6 Å². The van der Waals surface area contributed by atoms with Crippen LogP contribution in [0.5, 0.6) is 0 Å². The number of hydrogen-bond donors (Lipinski definition) is 0. The highest BCUT2D eigenvalue weighted by Gasteiger charge is 2.17. The molecule has 2 rings (SSSR count). The average molecular weight is 272 g/mol. The lowest BCUT2D eigenvalue weighted by molar-refractivity contribution is 0.0994. The van der Waals surface area contributed by atoms with E-state index in [2.05, 4.69) is 9.97 Å². The van der Waals surface area contributed by atoms with Gasteiger partial charge in [-0.15, -0.1) is 0 Å². The number of aromatic nitrogens is 2. The highest BCUT2D eigenvalue weighted by molar-refractivity contribution is 8.00. The van der Waals surface area contributed by atoms with Gasteiger partial charge in [0.05, 0.1) is 5.25 Å². The van der Waals surface area contributed by atoms with Crippen LogP contribution in [0.3, 0.4) is 0 Å². The average Bonchev–Trinajstić information content (AvgIpc) is 2.37. The number of thioether (sulfide) groups is 1. The lowest BCUT2D eigenvalue weighted by atomic mass is 10.1. The van der Waals surface area contributed by atoms with Gasteiger partial charge in [0.1, 0.15) is 0 Å². The predicted molar refractivity (Wildman–Crippen MR) is 77.6 cm³/mol. The topological polar surface area (TPSA) is 42.9 Å². The normalized spacial score (nSPS) is 12.2. The zero-order valence-corrected chi connectivity index (χ0v) is 12.1. The summed E-state index contributed by atoms with van der Waals surface area (Å²) in [6, 6.07) is 11.2. The van der Waals surface area contributed by atoms with Crippen LogP contribution in [0.4, 0.5) is 0 Å². The fourth-order valence-corrected chi connectivity index (χ4v) is 2.75. The highest BCUT2D eigenvalue weighted by Crippen LogP contribution is 2.23. The molecule has 0 amide bonds. The number of hydrogen-bond acceptors (Lipinski definition) is 4. The summed E-state index contributed by atoms with van der Waals surface area (Å²) in [5.41, 5.74) is 2.58. The van der Waals surface area contributed by atoms with E-state index in [0.29, 0.717) is 5.16 Å². The van der Waals surface area contributed by atoms with E-state index in [1.54, 1.807) is 0 Å². The van der Waals surface area contributed by atoms with Gasteiger partial charge in [-0.2, -0.15) is 0 Å². The molecule has 0 aliphatic carbocycles. The zero-order chi connectivity index (χ0) is 13.8. The van der Waals surface area contributed by atoms with Gasteiger partial charge in [0.2, 0.25) is 0 Å². The Morgan fingerprint density at radius 3 is 2.26 bits per heavy atom. The first-order valence-electron chi connectivity index (χ1n) is 6.14. The fourth-order valence-electron chi connectivity index (χ4n) is 1.80. The molecule has 0 N–H and O–H groups in total. The van der Waals surface area contributed by atoms with E-state index in [-0.39, 0.29) is 11.0 Å². The maximum absolute atomic E-state index is 12.2. The Labute approximate surface area is 117 Å². The lowest BCUT2D eigenvalue weighted by Crippen LogP contribution is -2.14. The fraction of sp³-hybridized carbons (Fsp3) is 0.267. The first kappa shape index (κ1) is 13.7. The molecule has 98 valence electrons. The molecule has 3 nitrogen and oxygen atoms in total. The monoisotopic (exact) mass is 272 g/mol. The molecular formula is C15H16N2OS. The van der Waals surface area contributed by atoms with Crippen molar-refractivity contribution >= 4 is 17.5 Å². The van der Waals surface area contributed by atoms with Gasteiger partial charge in [-0.1, -0.05) is 42.1 Å². The number of aryl methyl sites for hydroxylation is 2. The number of ketones is 1. The molecule has 4 heteroatoms. The smallest absolute Gasteiger partial charge is 0.188 e. The molecule has 0 saturated heterocycles. The number of benzene rings is 1. The summed E-state index contributed by atoms with van der Waals surface area (Å²) in [7, 11) is 0. The van der Waals surface area contributed by atoms with Crippen LogP contribution in [0.2, 0.25) is 0 Å². The minimum absolute atomic E-state index is 0.105. The third kappa shape index (κ3) is 3.64. The predicted octanol–water partition coefficient (Wildman–Crippen LogP) is 3.46. The van der Waals surface area contributed by atoms with E-state index < -0.39 is 0 Å². The highest BCUT2D eigenvalue weighted by atomic mass is 32.2. The summed E-state index contributed by atoms with van der Waals surface area (Å²) in [4.78, 5) is 20.9. The van der Waals surface area contributed by atoms with Crippen molar-refractivity contribution in [3.63, 3.8) is 0 Å². The molecule has 1 atom stereocenters. The lowest BCUT2D eigenvalue weighted by Gasteiger charge is -2.09. The Morgan fingerprint density at radius 1 is 1.11 bits per heavy atom.